The highest BCUT2D eigenvalue weighted by Crippen LogP contribution is 2.32. The van der Waals surface area contributed by atoms with E-state index in [9.17, 15) is 14.9 Å². The Morgan fingerprint density at radius 1 is 1.25 bits per heavy atom. The molecule has 24 heavy (non-hydrogen) atoms. The predicted molar refractivity (Wildman–Crippen MR) is 89.6 cm³/mol. The number of nitrogens with zero attached hydrogens (tertiary/aromatic N) is 3. The van der Waals surface area contributed by atoms with E-state index < -0.39 is 4.92 Å². The van der Waals surface area contributed by atoms with Crippen molar-refractivity contribution in [1.82, 2.24) is 4.90 Å². The van der Waals surface area contributed by atoms with Crippen molar-refractivity contribution in [2.45, 2.75) is 13.3 Å². The molecule has 1 aliphatic heterocycles. The topological polar surface area (TPSA) is 85.2 Å². The quantitative estimate of drug-likeness (QED) is 0.324. The van der Waals surface area contributed by atoms with Gasteiger partial charge < -0.3 is 19.3 Å². The van der Waals surface area contributed by atoms with Gasteiger partial charge in [0.15, 0.2) is 5.75 Å². The number of esters is 1. The fraction of sp³-hybridized carbons (Fsp3) is 0.562. The number of benzene rings is 1. The summed E-state index contributed by atoms with van der Waals surface area (Å²) < 4.78 is 10.3. The van der Waals surface area contributed by atoms with Crippen LogP contribution in [0.1, 0.15) is 13.3 Å². The lowest BCUT2D eigenvalue weighted by Gasteiger charge is -2.34. The molecule has 0 aliphatic carbocycles. The molecule has 0 bridgehead atoms. The van der Waals surface area contributed by atoms with Gasteiger partial charge in [0.05, 0.1) is 18.1 Å². The van der Waals surface area contributed by atoms with Gasteiger partial charge >= 0.3 is 11.7 Å². The standard InChI is InChI=1S/C16H23N3O5/c1-13(20)23-10-3-11-24-16-5-4-14(12-15(16)19(21)22)18-8-6-17(2)7-9-18/h4-5,12H,3,6-11H2,1-2H3. The Kier molecular flexibility index (Phi) is 6.36. The van der Waals surface area contributed by atoms with E-state index >= 15 is 0 Å². The molecule has 0 atom stereocenters. The van der Waals surface area contributed by atoms with Crippen molar-refractivity contribution < 1.29 is 19.2 Å². The summed E-state index contributed by atoms with van der Waals surface area (Å²) in [6.07, 6.45) is 0.483. The van der Waals surface area contributed by atoms with Crippen LogP contribution in [0.5, 0.6) is 5.75 Å². The van der Waals surface area contributed by atoms with Crippen LogP contribution in [0.3, 0.4) is 0 Å². The molecule has 0 N–H and O–H groups in total. The first-order valence-corrected chi connectivity index (χ1v) is 7.95. The molecule has 0 aromatic heterocycles. The molecular formula is C16H23N3O5. The molecule has 0 spiro atoms. The van der Waals surface area contributed by atoms with E-state index in [4.69, 9.17) is 9.47 Å². The van der Waals surface area contributed by atoms with Crippen LogP contribution in [0.2, 0.25) is 0 Å². The zero-order valence-electron chi connectivity index (χ0n) is 14.1. The molecule has 1 saturated heterocycles. The second-order valence-electron chi connectivity index (χ2n) is 5.74. The Balaban J connectivity index is 1.98. The first-order chi connectivity index (χ1) is 11.5. The lowest BCUT2D eigenvalue weighted by Crippen LogP contribution is -2.44. The number of likely N-dealkylation sites (N-methyl/N-ethyl adjacent to an activating group) is 1. The number of carbonyl (C=O) groups excluding carboxylic acids is 1. The van der Waals surface area contributed by atoms with Gasteiger partial charge in [-0.15, -0.1) is 0 Å². The molecule has 0 saturated carbocycles. The molecule has 0 radical (unpaired) electrons. The Bertz CT molecular complexity index is 585. The smallest absolute Gasteiger partial charge is 0.312 e. The number of nitro groups is 1. The van der Waals surface area contributed by atoms with E-state index in [0.717, 1.165) is 31.9 Å². The third-order valence-corrected chi connectivity index (χ3v) is 3.86. The van der Waals surface area contributed by atoms with Gasteiger partial charge in [-0.2, -0.15) is 0 Å². The summed E-state index contributed by atoms with van der Waals surface area (Å²) in [5, 5.41) is 11.3. The summed E-state index contributed by atoms with van der Waals surface area (Å²) in [5.41, 5.74) is 0.793. The minimum atomic E-state index is -0.430. The number of piperazine rings is 1. The normalized spacial score (nSPS) is 15.2. The Hall–Kier alpha value is -2.35. The van der Waals surface area contributed by atoms with Crippen molar-refractivity contribution in [2.75, 3.05) is 51.3 Å². The van der Waals surface area contributed by atoms with Crippen molar-refractivity contribution in [1.29, 1.82) is 0 Å². The first-order valence-electron chi connectivity index (χ1n) is 7.95. The van der Waals surface area contributed by atoms with Gasteiger partial charge in [0.25, 0.3) is 0 Å². The van der Waals surface area contributed by atoms with Gasteiger partial charge in [0.1, 0.15) is 0 Å². The number of hydrogen-bond donors (Lipinski definition) is 0. The summed E-state index contributed by atoms with van der Waals surface area (Å²) in [4.78, 5) is 25.9. The summed E-state index contributed by atoms with van der Waals surface area (Å²) in [5.74, 6) is -0.113. The van der Waals surface area contributed by atoms with Crippen LogP contribution in [0.15, 0.2) is 18.2 Å². The van der Waals surface area contributed by atoms with E-state index in [1.165, 1.54) is 6.92 Å². The van der Waals surface area contributed by atoms with Gasteiger partial charge in [-0.25, -0.2) is 0 Å². The maximum Gasteiger partial charge on any atom is 0.312 e. The lowest BCUT2D eigenvalue weighted by atomic mass is 10.2. The Labute approximate surface area is 141 Å². The number of nitro benzene ring substituents is 1. The molecule has 2 rings (SSSR count). The van der Waals surface area contributed by atoms with Crippen LogP contribution in [-0.4, -0.2) is 62.2 Å². The van der Waals surface area contributed by atoms with Crippen LogP contribution < -0.4 is 9.64 Å². The van der Waals surface area contributed by atoms with Gasteiger partial charge in [0, 0.05) is 51.3 Å². The Morgan fingerprint density at radius 3 is 2.58 bits per heavy atom. The second kappa shape index (κ2) is 8.49. The van der Waals surface area contributed by atoms with Crippen molar-refractivity contribution >= 4 is 17.3 Å². The van der Waals surface area contributed by atoms with E-state index in [2.05, 4.69) is 16.8 Å². The average molecular weight is 337 g/mol. The summed E-state index contributed by atoms with van der Waals surface area (Å²) in [6.45, 7) is 5.38. The van der Waals surface area contributed by atoms with E-state index in [1.807, 2.05) is 6.07 Å². The first kappa shape index (κ1) is 18.0. The summed E-state index contributed by atoms with van der Waals surface area (Å²) >= 11 is 0. The monoisotopic (exact) mass is 337 g/mol. The maximum atomic E-state index is 11.3. The third kappa shape index (κ3) is 5.09. The Morgan fingerprint density at radius 2 is 1.96 bits per heavy atom. The number of anilines is 1. The number of carbonyl (C=O) groups is 1. The second-order valence-corrected chi connectivity index (χ2v) is 5.74. The van der Waals surface area contributed by atoms with Crippen LogP contribution in [0.4, 0.5) is 11.4 Å². The summed E-state index contributed by atoms with van der Waals surface area (Å²) in [7, 11) is 2.06. The highest BCUT2D eigenvalue weighted by molar-refractivity contribution is 5.65. The highest BCUT2D eigenvalue weighted by Gasteiger charge is 2.20. The number of rotatable bonds is 7. The minimum Gasteiger partial charge on any atom is -0.487 e. The van der Waals surface area contributed by atoms with Gasteiger partial charge in [-0.3, -0.25) is 14.9 Å². The highest BCUT2D eigenvalue weighted by atomic mass is 16.6. The molecule has 1 fully saturated rings. The summed E-state index contributed by atoms with van der Waals surface area (Å²) in [6, 6.07) is 5.05. The number of hydrogen-bond acceptors (Lipinski definition) is 7. The zero-order valence-corrected chi connectivity index (χ0v) is 14.1. The number of ether oxygens (including phenoxy) is 2. The molecule has 8 nitrogen and oxygen atoms in total. The fourth-order valence-corrected chi connectivity index (χ4v) is 2.49. The molecule has 1 aliphatic rings. The van der Waals surface area contributed by atoms with Gasteiger partial charge in [-0.1, -0.05) is 0 Å². The molecular weight excluding hydrogens is 314 g/mol. The van der Waals surface area contributed by atoms with Crippen LogP contribution >= 0.6 is 0 Å². The molecule has 132 valence electrons. The van der Waals surface area contributed by atoms with Crippen molar-refractivity contribution in [3.8, 4) is 5.75 Å². The van der Waals surface area contributed by atoms with E-state index in [1.54, 1.807) is 12.1 Å². The van der Waals surface area contributed by atoms with Crippen molar-refractivity contribution in [2.24, 2.45) is 0 Å². The SMILES string of the molecule is CC(=O)OCCCOc1ccc(N2CCN(C)CC2)cc1[N+](=O)[O-]. The minimum absolute atomic E-state index is 0.0427. The molecule has 1 aromatic rings. The van der Waals surface area contributed by atoms with Gasteiger partial charge in [0.2, 0.25) is 0 Å². The predicted octanol–water partition coefficient (Wildman–Crippen LogP) is 1.68. The van der Waals surface area contributed by atoms with E-state index in [0.29, 0.717) is 6.42 Å². The maximum absolute atomic E-state index is 11.3. The molecule has 1 aromatic carbocycles. The third-order valence-electron chi connectivity index (χ3n) is 3.86. The van der Waals surface area contributed by atoms with Crippen molar-refractivity contribution in [3.05, 3.63) is 28.3 Å². The molecule has 8 heteroatoms. The fourth-order valence-electron chi connectivity index (χ4n) is 2.49. The van der Waals surface area contributed by atoms with Crippen LogP contribution in [0.25, 0.3) is 0 Å². The molecule has 1 heterocycles. The average Bonchev–Trinajstić information content (AvgIpc) is 2.55. The van der Waals surface area contributed by atoms with Crippen LogP contribution in [-0.2, 0) is 9.53 Å². The largest absolute Gasteiger partial charge is 0.487 e. The van der Waals surface area contributed by atoms with Gasteiger partial charge in [-0.05, 0) is 19.2 Å². The molecule has 0 amide bonds. The molecule has 0 unspecified atom stereocenters. The lowest BCUT2D eigenvalue weighted by molar-refractivity contribution is -0.385. The van der Waals surface area contributed by atoms with Crippen LogP contribution in [0, 0.1) is 10.1 Å². The van der Waals surface area contributed by atoms with Crippen molar-refractivity contribution in [3.63, 3.8) is 0 Å². The zero-order chi connectivity index (χ0) is 17.5. The van der Waals surface area contributed by atoms with E-state index in [-0.39, 0.29) is 30.6 Å².